The van der Waals surface area contributed by atoms with Crippen molar-refractivity contribution < 1.29 is 0 Å². The Labute approximate surface area is 45.1 Å². The van der Waals surface area contributed by atoms with Crippen molar-refractivity contribution in [1.29, 1.82) is 0 Å². The standard InChI is InChI=1S/C6H8Si/c1-7-4-5-2-3-6(5)7/h2-6H,1H3. The van der Waals surface area contributed by atoms with Crippen molar-refractivity contribution in [3.05, 3.63) is 12.2 Å². The summed E-state index contributed by atoms with van der Waals surface area (Å²) >= 11 is 0. The van der Waals surface area contributed by atoms with Crippen molar-refractivity contribution in [2.24, 2.45) is 5.92 Å². The van der Waals surface area contributed by atoms with Gasteiger partial charge in [0, 0.05) is 8.41 Å². The molecule has 0 spiro atoms. The van der Waals surface area contributed by atoms with Crippen LogP contribution in [0.5, 0.6) is 0 Å². The summed E-state index contributed by atoms with van der Waals surface area (Å²) in [6, 6.07) is 0. The quantitative estimate of drug-likeness (QED) is 0.321. The summed E-state index contributed by atoms with van der Waals surface area (Å²) in [4.78, 5) is 0. The van der Waals surface area contributed by atoms with Crippen LogP contribution < -0.4 is 0 Å². The third-order valence-electron chi connectivity index (χ3n) is 1.94. The van der Waals surface area contributed by atoms with E-state index >= 15 is 0 Å². The molecule has 0 N–H and O–H groups in total. The van der Waals surface area contributed by atoms with Crippen LogP contribution in [-0.4, -0.2) is 14.1 Å². The summed E-state index contributed by atoms with van der Waals surface area (Å²) in [7, 11) is 0.0553. The Morgan fingerprint density at radius 3 is 2.29 bits per heavy atom. The van der Waals surface area contributed by atoms with Crippen LogP contribution in [-0.2, 0) is 0 Å². The van der Waals surface area contributed by atoms with E-state index in [4.69, 9.17) is 0 Å². The molecule has 1 aliphatic heterocycles. The fourth-order valence-corrected chi connectivity index (χ4v) is 3.30. The Bertz CT molecular complexity index is 156. The Morgan fingerprint density at radius 2 is 2.29 bits per heavy atom. The van der Waals surface area contributed by atoms with Gasteiger partial charge in [-0.1, -0.05) is 24.4 Å². The second-order valence-corrected chi connectivity index (χ2v) is 4.89. The van der Waals surface area contributed by atoms with Gasteiger partial charge in [0.25, 0.3) is 0 Å². The Kier molecular flexibility index (Phi) is 0.525. The van der Waals surface area contributed by atoms with Crippen LogP contribution in [0.15, 0.2) is 12.2 Å². The van der Waals surface area contributed by atoms with Crippen LogP contribution in [0.3, 0.4) is 0 Å². The van der Waals surface area contributed by atoms with Gasteiger partial charge in [-0.3, -0.25) is 0 Å². The first-order valence-electron chi connectivity index (χ1n) is 2.74. The summed E-state index contributed by atoms with van der Waals surface area (Å²) < 4.78 is 0. The predicted octanol–water partition coefficient (Wildman–Crippen LogP) is 1.06. The molecule has 0 fully saturated rings. The highest BCUT2D eigenvalue weighted by molar-refractivity contribution is 6.73. The molecule has 2 atom stereocenters. The summed E-state index contributed by atoms with van der Waals surface area (Å²) in [6.45, 7) is 2.38. The Balaban J connectivity index is 2.32. The lowest BCUT2D eigenvalue weighted by atomic mass is 9.96. The molecule has 0 radical (unpaired) electrons. The van der Waals surface area contributed by atoms with E-state index in [0.717, 1.165) is 11.5 Å². The van der Waals surface area contributed by atoms with E-state index in [0.29, 0.717) is 0 Å². The summed E-state index contributed by atoms with van der Waals surface area (Å²) in [5.41, 5.74) is 3.56. The van der Waals surface area contributed by atoms with Gasteiger partial charge < -0.3 is 0 Å². The zero-order chi connectivity index (χ0) is 4.85. The van der Waals surface area contributed by atoms with E-state index in [-0.39, 0.29) is 8.41 Å². The van der Waals surface area contributed by atoms with Crippen molar-refractivity contribution in [2.45, 2.75) is 12.1 Å². The van der Waals surface area contributed by atoms with Crippen molar-refractivity contribution in [1.82, 2.24) is 0 Å². The highest BCUT2D eigenvalue weighted by Gasteiger charge is 2.31. The van der Waals surface area contributed by atoms with Gasteiger partial charge in [0.15, 0.2) is 0 Å². The molecule has 0 aromatic carbocycles. The van der Waals surface area contributed by atoms with Gasteiger partial charge >= 0.3 is 0 Å². The number of hydrogen-bond donors (Lipinski definition) is 0. The van der Waals surface area contributed by atoms with Crippen LogP contribution >= 0.6 is 0 Å². The first-order valence-corrected chi connectivity index (χ1v) is 4.90. The predicted molar refractivity (Wildman–Crippen MR) is 34.1 cm³/mol. The summed E-state index contributed by atoms with van der Waals surface area (Å²) in [5, 5.41) is 0. The molecule has 7 heavy (non-hydrogen) atoms. The third-order valence-corrected chi connectivity index (χ3v) is 4.48. The van der Waals surface area contributed by atoms with Crippen LogP contribution in [0.25, 0.3) is 0 Å². The van der Waals surface area contributed by atoms with Gasteiger partial charge in [0.05, 0.1) is 0 Å². The topological polar surface area (TPSA) is 0 Å². The molecular weight excluding hydrogens is 100 g/mol. The van der Waals surface area contributed by atoms with E-state index in [2.05, 4.69) is 24.4 Å². The molecule has 36 valence electrons. The number of fused-ring (bicyclic) bond motifs is 1. The number of allylic oxidation sites excluding steroid dienone is 2. The smallest absolute Gasteiger partial charge is 0.0108 e. The average molecular weight is 108 g/mol. The second-order valence-electron chi connectivity index (χ2n) is 2.40. The minimum atomic E-state index is 0.0553. The molecule has 0 aromatic heterocycles. The molecule has 0 aromatic rings. The molecular formula is C6H8Si. The van der Waals surface area contributed by atoms with Crippen LogP contribution in [0.2, 0.25) is 12.1 Å². The van der Waals surface area contributed by atoms with Gasteiger partial charge in [-0.25, -0.2) is 0 Å². The lowest BCUT2D eigenvalue weighted by molar-refractivity contribution is 0.786. The summed E-state index contributed by atoms with van der Waals surface area (Å²) in [6.07, 6.45) is 4.67. The van der Waals surface area contributed by atoms with Crippen molar-refractivity contribution in [2.75, 3.05) is 0 Å². The normalized spacial score (nSPS) is 43.3. The molecule has 1 heteroatoms. The monoisotopic (exact) mass is 108 g/mol. The highest BCUT2D eigenvalue weighted by atomic mass is 28.2. The lowest BCUT2D eigenvalue weighted by Gasteiger charge is -2.36. The first-order chi connectivity index (χ1) is 3.38. The average Bonchev–Trinajstić information content (AvgIpc) is 1.59. The molecule has 0 bridgehead atoms. The first kappa shape index (κ1) is 3.78. The Morgan fingerprint density at radius 1 is 1.43 bits per heavy atom. The van der Waals surface area contributed by atoms with Gasteiger partial charge in [-0.2, -0.15) is 0 Å². The maximum Gasteiger partial charge on any atom is 0.0108 e. The zero-order valence-corrected chi connectivity index (χ0v) is 5.39. The largest absolute Gasteiger partial charge is 0.0960 e. The summed E-state index contributed by atoms with van der Waals surface area (Å²) in [5.74, 6) is 0.930. The van der Waals surface area contributed by atoms with Crippen LogP contribution in [0.4, 0.5) is 0 Å². The van der Waals surface area contributed by atoms with E-state index < -0.39 is 0 Å². The van der Waals surface area contributed by atoms with Crippen LogP contribution in [0.1, 0.15) is 0 Å². The van der Waals surface area contributed by atoms with Gasteiger partial charge in [0.2, 0.25) is 0 Å². The van der Waals surface area contributed by atoms with E-state index in [1.165, 1.54) is 0 Å². The number of hydrogen-bond acceptors (Lipinski definition) is 0. The molecule has 0 nitrogen and oxygen atoms in total. The fraction of sp³-hybridized carbons (Fsp3) is 0.500. The van der Waals surface area contributed by atoms with E-state index in [9.17, 15) is 0 Å². The molecule has 0 amide bonds. The molecule has 1 heterocycles. The van der Waals surface area contributed by atoms with Crippen LogP contribution in [0, 0.1) is 5.92 Å². The molecule has 0 saturated carbocycles. The van der Waals surface area contributed by atoms with E-state index in [1.807, 2.05) is 0 Å². The van der Waals surface area contributed by atoms with Crippen molar-refractivity contribution in [3.63, 3.8) is 0 Å². The van der Waals surface area contributed by atoms with Gasteiger partial charge in [-0.05, 0) is 11.5 Å². The lowest BCUT2D eigenvalue weighted by Crippen LogP contribution is -2.35. The minimum absolute atomic E-state index is 0.0553. The second kappa shape index (κ2) is 0.971. The molecule has 2 aliphatic rings. The molecule has 2 rings (SSSR count). The highest BCUT2D eigenvalue weighted by Crippen LogP contribution is 2.36. The third kappa shape index (κ3) is 0.301. The maximum absolute atomic E-state index is 2.51. The van der Waals surface area contributed by atoms with Gasteiger partial charge in [0.1, 0.15) is 0 Å². The van der Waals surface area contributed by atoms with Crippen molar-refractivity contribution >= 4 is 14.1 Å². The zero-order valence-electron chi connectivity index (χ0n) is 4.39. The Hall–Kier alpha value is -0.173. The fourth-order valence-electron chi connectivity index (χ4n) is 1.26. The molecule has 1 aliphatic carbocycles. The number of rotatable bonds is 0. The van der Waals surface area contributed by atoms with Crippen molar-refractivity contribution in [3.8, 4) is 0 Å². The van der Waals surface area contributed by atoms with E-state index in [1.54, 1.807) is 0 Å². The molecule has 2 unspecified atom stereocenters. The van der Waals surface area contributed by atoms with Gasteiger partial charge in [-0.15, -0.1) is 0 Å². The minimum Gasteiger partial charge on any atom is -0.0960 e. The molecule has 0 saturated heterocycles. The SMILES string of the molecule is C[Si]1=CC2C=CC21. The maximum atomic E-state index is 2.51.